The van der Waals surface area contributed by atoms with Crippen molar-refractivity contribution < 1.29 is 0 Å². The van der Waals surface area contributed by atoms with Crippen LogP contribution in [0.2, 0.25) is 5.02 Å². The monoisotopic (exact) mass is 334 g/mol. The zero-order valence-corrected chi connectivity index (χ0v) is 15.4. The highest BCUT2D eigenvalue weighted by atomic mass is 35.5. The second-order valence-electron chi connectivity index (χ2n) is 4.07. The van der Waals surface area contributed by atoms with E-state index in [0.717, 1.165) is 11.0 Å². The summed E-state index contributed by atoms with van der Waals surface area (Å²) in [5.74, 6) is 0. The summed E-state index contributed by atoms with van der Waals surface area (Å²) in [7, 11) is 0. The third-order valence-corrected chi connectivity index (χ3v) is 3.89. The smallest absolute Gasteiger partial charge is 0.150 e. The minimum absolute atomic E-state index is 0.674. The van der Waals surface area contributed by atoms with Gasteiger partial charge in [0.15, 0.2) is 5.65 Å². The molecule has 0 radical (unpaired) electrons. The largest absolute Gasteiger partial charge is 0.270 e. The average Bonchev–Trinajstić information content (AvgIpc) is 2.88. The SMILES string of the molecule is CC.CC.Cc1cn(Sc2ccccc2)c2ncc(Cl)cc12. The zero-order valence-electron chi connectivity index (χ0n) is 13.8. The molecule has 3 rings (SSSR count). The summed E-state index contributed by atoms with van der Waals surface area (Å²) in [5.41, 5.74) is 2.13. The summed E-state index contributed by atoms with van der Waals surface area (Å²) in [6.45, 7) is 10.1. The fourth-order valence-electron chi connectivity index (χ4n) is 1.87. The van der Waals surface area contributed by atoms with Crippen LogP contribution in [0.1, 0.15) is 33.3 Å². The lowest BCUT2D eigenvalue weighted by Gasteiger charge is -2.03. The number of aromatic nitrogens is 2. The molecule has 2 heterocycles. The Kier molecular flexibility index (Phi) is 8.07. The van der Waals surface area contributed by atoms with E-state index in [2.05, 4.69) is 34.2 Å². The summed E-state index contributed by atoms with van der Waals surface area (Å²) >= 11 is 7.64. The Labute approximate surface area is 142 Å². The third-order valence-electron chi connectivity index (χ3n) is 2.72. The van der Waals surface area contributed by atoms with Crippen LogP contribution < -0.4 is 0 Å². The van der Waals surface area contributed by atoms with E-state index in [0.29, 0.717) is 5.02 Å². The summed E-state index contributed by atoms with van der Waals surface area (Å²) in [6.07, 6.45) is 3.77. The molecule has 0 saturated heterocycles. The van der Waals surface area contributed by atoms with Gasteiger partial charge in [-0.1, -0.05) is 57.5 Å². The number of rotatable bonds is 2. The van der Waals surface area contributed by atoms with E-state index in [9.17, 15) is 0 Å². The van der Waals surface area contributed by atoms with Crippen molar-refractivity contribution in [2.24, 2.45) is 0 Å². The van der Waals surface area contributed by atoms with E-state index in [1.807, 2.05) is 52.0 Å². The van der Waals surface area contributed by atoms with Gasteiger partial charge in [-0.3, -0.25) is 3.97 Å². The maximum Gasteiger partial charge on any atom is 0.150 e. The normalized spacial score (nSPS) is 9.55. The van der Waals surface area contributed by atoms with Crippen molar-refractivity contribution in [3.63, 3.8) is 0 Å². The van der Waals surface area contributed by atoms with Gasteiger partial charge < -0.3 is 0 Å². The van der Waals surface area contributed by atoms with Crippen molar-refractivity contribution >= 4 is 34.6 Å². The molecular formula is C18H23ClN2S. The molecule has 3 aromatic rings. The van der Waals surface area contributed by atoms with Crippen molar-refractivity contribution in [3.05, 3.63) is 59.4 Å². The van der Waals surface area contributed by atoms with E-state index < -0.39 is 0 Å². The van der Waals surface area contributed by atoms with E-state index in [4.69, 9.17) is 11.6 Å². The van der Waals surface area contributed by atoms with Crippen molar-refractivity contribution in [2.45, 2.75) is 39.5 Å². The van der Waals surface area contributed by atoms with Gasteiger partial charge in [-0.25, -0.2) is 4.98 Å². The number of halogens is 1. The first kappa shape index (κ1) is 18.6. The molecule has 0 aliphatic carbocycles. The predicted molar refractivity (Wildman–Crippen MR) is 99.9 cm³/mol. The minimum atomic E-state index is 0.674. The second kappa shape index (κ2) is 9.54. The van der Waals surface area contributed by atoms with Gasteiger partial charge in [0.05, 0.1) is 5.02 Å². The Morgan fingerprint density at radius 1 is 1.05 bits per heavy atom. The molecule has 0 bridgehead atoms. The van der Waals surface area contributed by atoms with Crippen LogP contribution in [0.3, 0.4) is 0 Å². The van der Waals surface area contributed by atoms with E-state index >= 15 is 0 Å². The summed E-state index contributed by atoms with van der Waals surface area (Å²) in [6, 6.07) is 12.2. The van der Waals surface area contributed by atoms with Gasteiger partial charge >= 0.3 is 0 Å². The Morgan fingerprint density at radius 2 is 1.68 bits per heavy atom. The van der Waals surface area contributed by atoms with E-state index in [1.54, 1.807) is 18.1 Å². The molecule has 0 aliphatic rings. The molecule has 0 unspecified atom stereocenters. The Hall–Kier alpha value is -1.45. The van der Waals surface area contributed by atoms with Gasteiger partial charge in [-0.15, -0.1) is 0 Å². The van der Waals surface area contributed by atoms with Gasteiger partial charge in [0.25, 0.3) is 0 Å². The fourth-order valence-corrected chi connectivity index (χ4v) is 2.98. The third kappa shape index (κ3) is 4.52. The van der Waals surface area contributed by atoms with Gasteiger partial charge in [-0.2, -0.15) is 0 Å². The first-order valence-corrected chi connectivity index (χ1v) is 8.76. The molecule has 0 spiro atoms. The number of aryl methyl sites for hydroxylation is 1. The molecule has 0 N–H and O–H groups in total. The second-order valence-corrected chi connectivity index (χ2v) is 5.55. The summed E-state index contributed by atoms with van der Waals surface area (Å²) < 4.78 is 2.08. The standard InChI is InChI=1S/C14H11ClN2S.2C2H6/c1-10-9-17(18-12-5-3-2-4-6-12)14-13(10)7-11(15)8-16-14;2*1-2/h2-9H,1H3;2*1-2H3. The molecule has 118 valence electrons. The van der Waals surface area contributed by atoms with Crippen molar-refractivity contribution in [3.8, 4) is 0 Å². The zero-order chi connectivity index (χ0) is 16.5. The number of pyridine rings is 1. The van der Waals surface area contributed by atoms with Gasteiger partial charge in [-0.05, 0) is 42.6 Å². The van der Waals surface area contributed by atoms with Crippen molar-refractivity contribution in [2.75, 3.05) is 0 Å². The number of hydrogen-bond acceptors (Lipinski definition) is 2. The molecule has 0 atom stereocenters. The van der Waals surface area contributed by atoms with Crippen LogP contribution >= 0.6 is 23.5 Å². The maximum absolute atomic E-state index is 5.98. The first-order valence-electron chi connectivity index (χ1n) is 7.60. The molecule has 22 heavy (non-hydrogen) atoms. The highest BCUT2D eigenvalue weighted by Gasteiger charge is 2.08. The van der Waals surface area contributed by atoms with Crippen LogP contribution in [-0.4, -0.2) is 8.96 Å². The Bertz CT molecular complexity index is 693. The molecule has 4 heteroatoms. The van der Waals surface area contributed by atoms with Crippen LogP contribution in [0.5, 0.6) is 0 Å². The van der Waals surface area contributed by atoms with E-state index in [-0.39, 0.29) is 0 Å². The fraction of sp³-hybridized carbons (Fsp3) is 0.278. The van der Waals surface area contributed by atoms with Gasteiger partial charge in [0.2, 0.25) is 0 Å². The molecule has 0 aliphatic heterocycles. The molecule has 2 nitrogen and oxygen atoms in total. The Morgan fingerprint density at radius 3 is 2.32 bits per heavy atom. The predicted octanol–water partition coefficient (Wildman–Crippen LogP) is 6.61. The van der Waals surface area contributed by atoms with Crippen LogP contribution in [0, 0.1) is 6.92 Å². The Balaban J connectivity index is 0.000000561. The van der Waals surface area contributed by atoms with Crippen LogP contribution in [0.4, 0.5) is 0 Å². The van der Waals surface area contributed by atoms with Gasteiger partial charge in [0, 0.05) is 22.7 Å². The molecule has 2 aromatic heterocycles. The highest BCUT2D eigenvalue weighted by molar-refractivity contribution is 7.98. The number of hydrogen-bond donors (Lipinski definition) is 0. The molecular weight excluding hydrogens is 312 g/mol. The molecule has 1 aromatic carbocycles. The lowest BCUT2D eigenvalue weighted by Crippen LogP contribution is -1.86. The maximum atomic E-state index is 5.98. The lowest BCUT2D eigenvalue weighted by molar-refractivity contribution is 1.24. The molecule has 0 amide bonds. The van der Waals surface area contributed by atoms with Crippen LogP contribution in [0.15, 0.2) is 53.7 Å². The average molecular weight is 335 g/mol. The quantitative estimate of drug-likeness (QED) is 0.525. The first-order chi connectivity index (χ1) is 10.7. The highest BCUT2D eigenvalue weighted by Crippen LogP contribution is 2.29. The van der Waals surface area contributed by atoms with Crippen molar-refractivity contribution in [1.82, 2.24) is 8.96 Å². The van der Waals surface area contributed by atoms with Crippen LogP contribution in [0.25, 0.3) is 11.0 Å². The van der Waals surface area contributed by atoms with Gasteiger partial charge in [0.1, 0.15) is 0 Å². The number of benzene rings is 1. The van der Waals surface area contributed by atoms with Crippen molar-refractivity contribution in [1.29, 1.82) is 0 Å². The lowest BCUT2D eigenvalue weighted by atomic mass is 10.2. The molecule has 0 saturated carbocycles. The van der Waals surface area contributed by atoms with Crippen LogP contribution in [-0.2, 0) is 0 Å². The number of nitrogens with zero attached hydrogens (tertiary/aromatic N) is 2. The molecule has 0 fully saturated rings. The summed E-state index contributed by atoms with van der Waals surface area (Å²) in [4.78, 5) is 5.59. The summed E-state index contributed by atoms with van der Waals surface area (Å²) in [5, 5.41) is 1.78. The van der Waals surface area contributed by atoms with E-state index in [1.165, 1.54) is 10.5 Å². The number of fused-ring (bicyclic) bond motifs is 1. The minimum Gasteiger partial charge on any atom is -0.270 e. The topological polar surface area (TPSA) is 17.8 Å².